The van der Waals surface area contributed by atoms with Crippen molar-refractivity contribution >= 4 is 0 Å². The highest BCUT2D eigenvalue weighted by molar-refractivity contribution is 5.72. The molecule has 0 saturated carbocycles. The molecule has 166 valence electrons. The van der Waals surface area contributed by atoms with Crippen molar-refractivity contribution in [3.8, 4) is 22.6 Å². The van der Waals surface area contributed by atoms with Crippen LogP contribution in [0, 0.1) is 12.7 Å². The predicted octanol–water partition coefficient (Wildman–Crippen LogP) is 5.36. The summed E-state index contributed by atoms with van der Waals surface area (Å²) in [6.45, 7) is 6.32. The van der Waals surface area contributed by atoms with Crippen LogP contribution in [0.4, 0.5) is 4.39 Å². The van der Waals surface area contributed by atoms with E-state index >= 15 is 0 Å². The van der Waals surface area contributed by atoms with Crippen LogP contribution in [0.5, 0.6) is 11.5 Å². The molecular formula is C27H28FNO3. The second-order valence-corrected chi connectivity index (χ2v) is 8.57. The summed E-state index contributed by atoms with van der Waals surface area (Å²) in [6.07, 6.45) is 0.938. The number of benzene rings is 3. The van der Waals surface area contributed by atoms with E-state index in [1.165, 1.54) is 23.3 Å². The smallest absolute Gasteiger partial charge is 0.165 e. The third-order valence-electron chi connectivity index (χ3n) is 6.14. The lowest BCUT2D eigenvalue weighted by Gasteiger charge is -2.21. The minimum absolute atomic E-state index is 0.0494. The third kappa shape index (κ3) is 4.64. The number of halogens is 1. The first-order valence-corrected chi connectivity index (χ1v) is 11.2. The van der Waals surface area contributed by atoms with Crippen molar-refractivity contribution in [3.63, 3.8) is 0 Å². The van der Waals surface area contributed by atoms with E-state index in [4.69, 9.17) is 14.2 Å². The quantitative estimate of drug-likeness (QED) is 0.542. The third-order valence-corrected chi connectivity index (χ3v) is 6.14. The lowest BCUT2D eigenvalue weighted by Crippen LogP contribution is -2.25. The first-order chi connectivity index (χ1) is 15.7. The maximum absolute atomic E-state index is 13.3. The van der Waals surface area contributed by atoms with Gasteiger partial charge in [0.2, 0.25) is 0 Å². The van der Waals surface area contributed by atoms with E-state index < -0.39 is 0 Å². The van der Waals surface area contributed by atoms with Gasteiger partial charge in [0, 0.05) is 31.6 Å². The van der Waals surface area contributed by atoms with Gasteiger partial charge in [0.1, 0.15) is 18.5 Å². The van der Waals surface area contributed by atoms with Crippen molar-refractivity contribution in [2.45, 2.75) is 32.5 Å². The average Bonchev–Trinajstić information content (AvgIpc) is 3.21. The van der Waals surface area contributed by atoms with E-state index in [-0.39, 0.29) is 11.9 Å². The molecule has 1 fully saturated rings. The Morgan fingerprint density at radius 1 is 1.06 bits per heavy atom. The van der Waals surface area contributed by atoms with E-state index in [1.807, 2.05) is 12.1 Å². The number of ether oxygens (including phenoxy) is 3. The van der Waals surface area contributed by atoms with Crippen LogP contribution in [-0.2, 0) is 17.8 Å². The van der Waals surface area contributed by atoms with Gasteiger partial charge in [0.15, 0.2) is 11.5 Å². The summed E-state index contributed by atoms with van der Waals surface area (Å²) in [6, 6.07) is 19.5. The van der Waals surface area contributed by atoms with Gasteiger partial charge < -0.3 is 14.2 Å². The van der Waals surface area contributed by atoms with Gasteiger partial charge in [-0.1, -0.05) is 36.4 Å². The molecular weight excluding hydrogens is 405 g/mol. The van der Waals surface area contributed by atoms with Crippen molar-refractivity contribution in [2.75, 3.05) is 26.4 Å². The molecule has 32 heavy (non-hydrogen) atoms. The van der Waals surface area contributed by atoms with Crippen LogP contribution < -0.4 is 9.47 Å². The summed E-state index contributed by atoms with van der Waals surface area (Å²) < 4.78 is 31.5. The SMILES string of the molecule is Cc1ccccc1-c1cc2c(c(O[C@H]3CCOC3)c1)OCCN(Cc1ccc(F)cc1)C2. The highest BCUT2D eigenvalue weighted by Gasteiger charge is 2.25. The summed E-state index contributed by atoms with van der Waals surface area (Å²) in [7, 11) is 0. The lowest BCUT2D eigenvalue weighted by molar-refractivity contribution is 0.137. The molecule has 0 unspecified atom stereocenters. The first-order valence-electron chi connectivity index (χ1n) is 11.2. The molecule has 3 aromatic rings. The fraction of sp³-hybridized carbons (Fsp3) is 0.333. The van der Waals surface area contributed by atoms with Gasteiger partial charge in [0.05, 0.1) is 13.2 Å². The number of aryl methyl sites for hydroxylation is 1. The van der Waals surface area contributed by atoms with E-state index in [2.05, 4.69) is 48.2 Å². The fourth-order valence-electron chi connectivity index (χ4n) is 4.45. The molecule has 0 N–H and O–H groups in total. The predicted molar refractivity (Wildman–Crippen MR) is 122 cm³/mol. The normalized spacial score (nSPS) is 18.6. The largest absolute Gasteiger partial charge is 0.488 e. The summed E-state index contributed by atoms with van der Waals surface area (Å²) >= 11 is 0. The number of fused-ring (bicyclic) bond motifs is 1. The van der Waals surface area contributed by atoms with E-state index in [0.717, 1.165) is 60.9 Å². The zero-order chi connectivity index (χ0) is 21.9. The average molecular weight is 434 g/mol. The topological polar surface area (TPSA) is 30.9 Å². The summed E-state index contributed by atoms with van der Waals surface area (Å²) in [5, 5.41) is 0. The Kier molecular flexibility index (Phi) is 6.10. The molecule has 5 rings (SSSR count). The highest BCUT2D eigenvalue weighted by Crippen LogP contribution is 2.40. The Bertz CT molecular complexity index is 1080. The van der Waals surface area contributed by atoms with Crippen molar-refractivity contribution < 1.29 is 18.6 Å². The molecule has 5 heteroatoms. The van der Waals surface area contributed by atoms with Crippen LogP contribution in [0.2, 0.25) is 0 Å². The Morgan fingerprint density at radius 3 is 2.69 bits per heavy atom. The van der Waals surface area contributed by atoms with E-state index in [9.17, 15) is 4.39 Å². The second-order valence-electron chi connectivity index (χ2n) is 8.57. The van der Waals surface area contributed by atoms with Crippen LogP contribution in [-0.4, -0.2) is 37.4 Å². The second kappa shape index (κ2) is 9.31. The molecule has 2 aliphatic rings. The Balaban J connectivity index is 1.49. The maximum atomic E-state index is 13.3. The van der Waals surface area contributed by atoms with Crippen molar-refractivity contribution in [2.24, 2.45) is 0 Å². The van der Waals surface area contributed by atoms with Gasteiger partial charge in [-0.05, 0) is 53.4 Å². The van der Waals surface area contributed by atoms with Gasteiger partial charge in [-0.25, -0.2) is 4.39 Å². The van der Waals surface area contributed by atoms with Gasteiger partial charge in [-0.2, -0.15) is 0 Å². The first kappa shape index (κ1) is 21.0. The van der Waals surface area contributed by atoms with Crippen LogP contribution in [0.25, 0.3) is 11.1 Å². The molecule has 4 nitrogen and oxygen atoms in total. The van der Waals surface area contributed by atoms with Crippen LogP contribution in [0.1, 0.15) is 23.1 Å². The molecule has 2 heterocycles. The molecule has 0 bridgehead atoms. The molecule has 1 atom stereocenters. The monoisotopic (exact) mass is 433 g/mol. The Labute approximate surface area is 188 Å². The maximum Gasteiger partial charge on any atom is 0.165 e. The minimum atomic E-state index is -0.209. The molecule has 0 aliphatic carbocycles. The highest BCUT2D eigenvalue weighted by atomic mass is 19.1. The molecule has 1 saturated heterocycles. The van der Waals surface area contributed by atoms with Crippen molar-refractivity contribution in [1.29, 1.82) is 0 Å². The van der Waals surface area contributed by atoms with E-state index in [0.29, 0.717) is 13.2 Å². The molecule has 0 radical (unpaired) electrons. The van der Waals surface area contributed by atoms with Crippen LogP contribution in [0.15, 0.2) is 60.7 Å². The zero-order valence-corrected chi connectivity index (χ0v) is 18.4. The Hall–Kier alpha value is -2.89. The Morgan fingerprint density at radius 2 is 1.91 bits per heavy atom. The van der Waals surface area contributed by atoms with Crippen molar-refractivity contribution in [3.05, 3.63) is 83.2 Å². The molecule has 3 aromatic carbocycles. The zero-order valence-electron chi connectivity index (χ0n) is 18.4. The standard InChI is InChI=1S/C27H28FNO3/c1-19-4-2-3-5-25(19)21-14-22-17-29(16-20-6-8-23(28)9-7-20)11-13-31-27(22)26(15-21)32-24-10-12-30-18-24/h2-9,14-15,24H,10-13,16-18H2,1H3/t24-/m0/s1. The molecule has 0 amide bonds. The van der Waals surface area contributed by atoms with Gasteiger partial charge in [0.25, 0.3) is 0 Å². The molecule has 2 aliphatic heterocycles. The van der Waals surface area contributed by atoms with Gasteiger partial charge in [-0.15, -0.1) is 0 Å². The molecule has 0 aromatic heterocycles. The summed E-state index contributed by atoms with van der Waals surface area (Å²) in [5.74, 6) is 1.41. The fourth-order valence-corrected chi connectivity index (χ4v) is 4.45. The lowest BCUT2D eigenvalue weighted by atomic mass is 9.97. The van der Waals surface area contributed by atoms with Crippen LogP contribution in [0.3, 0.4) is 0 Å². The summed E-state index contributed by atoms with van der Waals surface area (Å²) in [4.78, 5) is 2.34. The molecule has 0 spiro atoms. The van der Waals surface area contributed by atoms with Crippen molar-refractivity contribution in [1.82, 2.24) is 4.90 Å². The van der Waals surface area contributed by atoms with E-state index in [1.54, 1.807) is 0 Å². The van der Waals surface area contributed by atoms with Gasteiger partial charge >= 0.3 is 0 Å². The number of hydrogen-bond acceptors (Lipinski definition) is 4. The summed E-state index contributed by atoms with van der Waals surface area (Å²) in [5.41, 5.74) is 5.74. The number of rotatable bonds is 5. The number of hydrogen-bond donors (Lipinski definition) is 0. The minimum Gasteiger partial charge on any atom is -0.488 e. The number of nitrogens with zero attached hydrogens (tertiary/aromatic N) is 1. The van der Waals surface area contributed by atoms with Gasteiger partial charge in [-0.3, -0.25) is 4.90 Å². The van der Waals surface area contributed by atoms with Crippen LogP contribution >= 0.6 is 0 Å².